The van der Waals surface area contributed by atoms with Gasteiger partial charge in [0.1, 0.15) is 6.10 Å². The van der Waals surface area contributed by atoms with Gasteiger partial charge in [-0.3, -0.25) is 9.59 Å². The lowest BCUT2D eigenvalue weighted by Gasteiger charge is -2.40. The lowest BCUT2D eigenvalue weighted by molar-refractivity contribution is -0.175. The number of carbonyl (C=O) groups excluding carboxylic acids is 1. The third-order valence-electron chi connectivity index (χ3n) is 6.32. The van der Waals surface area contributed by atoms with Gasteiger partial charge in [-0.2, -0.15) is 0 Å². The van der Waals surface area contributed by atoms with Crippen LogP contribution in [0.1, 0.15) is 72.6 Å². The number of carboxylic acid groups (broad SMARTS) is 1. The molecule has 1 N–H and O–H groups in total. The van der Waals surface area contributed by atoms with Gasteiger partial charge < -0.3 is 9.84 Å². The van der Waals surface area contributed by atoms with E-state index in [0.29, 0.717) is 37.0 Å². The summed E-state index contributed by atoms with van der Waals surface area (Å²) in [5, 5.41) is 9.66. The summed E-state index contributed by atoms with van der Waals surface area (Å²) in [6.07, 6.45) is 5.35. The molecule has 142 valence electrons. The maximum atomic E-state index is 13.2. The fraction of sp³-hybridized carbons (Fsp3) is 0.810. The number of aliphatic carboxylic acids is 1. The molecule has 0 radical (unpaired) electrons. The van der Waals surface area contributed by atoms with Crippen LogP contribution in [0.5, 0.6) is 0 Å². The van der Waals surface area contributed by atoms with Crippen molar-refractivity contribution >= 4 is 11.9 Å². The normalized spacial score (nSPS) is 35.6. The lowest BCUT2D eigenvalue weighted by atomic mass is 9.72. The van der Waals surface area contributed by atoms with E-state index in [2.05, 4.69) is 27.4 Å². The Hall–Kier alpha value is -1.32. The number of carboxylic acids is 1. The van der Waals surface area contributed by atoms with Crippen molar-refractivity contribution in [2.75, 3.05) is 0 Å². The van der Waals surface area contributed by atoms with E-state index in [1.807, 2.05) is 6.92 Å². The number of hydrogen-bond acceptors (Lipinski definition) is 3. The summed E-state index contributed by atoms with van der Waals surface area (Å²) in [4.78, 5) is 25.0. The molecule has 4 nitrogen and oxygen atoms in total. The van der Waals surface area contributed by atoms with Crippen molar-refractivity contribution in [3.8, 4) is 0 Å². The minimum Gasteiger partial charge on any atom is -0.481 e. The standard InChI is InChI=1S/C21H34O4/c1-13(2)12-21(10-6-7-17(21)19(22)23)20(24)25-18-11-15(5)8-9-16(18)14(3)4/h14-18H,1,6-12H2,2-5H3,(H,22,23)/t15-,16+,17-,18-,21-/m0/s1. The zero-order valence-corrected chi connectivity index (χ0v) is 16.2. The lowest BCUT2D eigenvalue weighted by Crippen LogP contribution is -2.44. The Morgan fingerprint density at radius 1 is 1.28 bits per heavy atom. The third kappa shape index (κ3) is 4.27. The Morgan fingerprint density at radius 2 is 1.96 bits per heavy atom. The van der Waals surface area contributed by atoms with Crippen molar-refractivity contribution < 1.29 is 19.4 Å². The number of rotatable bonds is 6. The van der Waals surface area contributed by atoms with Crippen molar-refractivity contribution in [3.63, 3.8) is 0 Å². The molecule has 0 heterocycles. The van der Waals surface area contributed by atoms with Crippen LogP contribution in [0.15, 0.2) is 12.2 Å². The SMILES string of the molecule is C=C(C)C[C@@]1(C(=O)O[C@H]2C[C@@H](C)CC[C@@H]2C(C)C)CCC[C@H]1C(=O)O. The Kier molecular flexibility index (Phi) is 6.34. The van der Waals surface area contributed by atoms with E-state index >= 15 is 0 Å². The van der Waals surface area contributed by atoms with Crippen molar-refractivity contribution in [2.45, 2.75) is 78.7 Å². The Bertz CT molecular complexity index is 524. The predicted octanol–water partition coefficient (Wildman–Crippen LogP) is 4.83. The second-order valence-electron chi connectivity index (χ2n) is 8.84. The first kappa shape index (κ1) is 20.0. The number of hydrogen-bond donors (Lipinski definition) is 1. The molecule has 25 heavy (non-hydrogen) atoms. The summed E-state index contributed by atoms with van der Waals surface area (Å²) in [7, 11) is 0. The van der Waals surface area contributed by atoms with Crippen molar-refractivity contribution in [1.29, 1.82) is 0 Å². The van der Waals surface area contributed by atoms with Gasteiger partial charge in [0.15, 0.2) is 0 Å². The Balaban J connectivity index is 2.24. The van der Waals surface area contributed by atoms with Gasteiger partial charge in [0.2, 0.25) is 0 Å². The molecule has 0 aromatic rings. The molecule has 2 saturated carbocycles. The summed E-state index contributed by atoms with van der Waals surface area (Å²) in [5.41, 5.74) is -0.0811. The molecule has 0 aliphatic heterocycles. The maximum Gasteiger partial charge on any atom is 0.313 e. The molecule has 0 saturated heterocycles. The zero-order valence-electron chi connectivity index (χ0n) is 16.2. The van der Waals surface area contributed by atoms with Gasteiger partial charge in [0.25, 0.3) is 0 Å². The highest BCUT2D eigenvalue weighted by Gasteiger charge is 2.54. The van der Waals surface area contributed by atoms with Gasteiger partial charge in [-0.15, -0.1) is 6.58 Å². The van der Waals surface area contributed by atoms with Gasteiger partial charge in [-0.1, -0.05) is 39.2 Å². The molecule has 0 spiro atoms. The minimum atomic E-state index is -0.931. The van der Waals surface area contributed by atoms with E-state index in [1.54, 1.807) is 0 Å². The number of allylic oxidation sites excluding steroid dienone is 1. The molecule has 2 rings (SSSR count). The molecular weight excluding hydrogens is 316 g/mol. The maximum absolute atomic E-state index is 13.2. The molecule has 0 bridgehead atoms. The van der Waals surface area contributed by atoms with Gasteiger partial charge in [-0.05, 0) is 56.8 Å². The molecule has 2 aliphatic rings. The third-order valence-corrected chi connectivity index (χ3v) is 6.32. The van der Waals surface area contributed by atoms with Crippen LogP contribution in [0, 0.1) is 29.1 Å². The molecule has 0 unspecified atom stereocenters. The number of esters is 1. The van der Waals surface area contributed by atoms with Crippen molar-refractivity contribution in [3.05, 3.63) is 12.2 Å². The molecular formula is C21H34O4. The quantitative estimate of drug-likeness (QED) is 0.550. The van der Waals surface area contributed by atoms with Crippen LogP contribution < -0.4 is 0 Å². The molecule has 2 fully saturated rings. The first-order chi connectivity index (χ1) is 11.7. The summed E-state index contributed by atoms with van der Waals surface area (Å²) < 4.78 is 6.06. The molecule has 0 aromatic heterocycles. The number of ether oxygens (including phenoxy) is 1. The van der Waals surface area contributed by atoms with E-state index in [9.17, 15) is 14.7 Å². The van der Waals surface area contributed by atoms with Crippen LogP contribution in [0.3, 0.4) is 0 Å². The van der Waals surface area contributed by atoms with Gasteiger partial charge in [0.05, 0.1) is 11.3 Å². The van der Waals surface area contributed by atoms with Gasteiger partial charge >= 0.3 is 11.9 Å². The minimum absolute atomic E-state index is 0.0895. The van der Waals surface area contributed by atoms with Crippen LogP contribution in [-0.2, 0) is 14.3 Å². The van der Waals surface area contributed by atoms with Crippen LogP contribution in [0.25, 0.3) is 0 Å². The fourth-order valence-electron chi connectivity index (χ4n) is 5.00. The topological polar surface area (TPSA) is 63.6 Å². The van der Waals surface area contributed by atoms with E-state index in [0.717, 1.165) is 24.8 Å². The van der Waals surface area contributed by atoms with Crippen LogP contribution in [-0.4, -0.2) is 23.1 Å². The summed E-state index contributed by atoms with van der Waals surface area (Å²) in [5.74, 6) is -0.467. The average molecular weight is 350 g/mol. The van der Waals surface area contributed by atoms with Gasteiger partial charge in [0, 0.05) is 0 Å². The number of carbonyl (C=O) groups is 2. The Labute approximate surface area is 152 Å². The van der Waals surface area contributed by atoms with Crippen molar-refractivity contribution in [2.24, 2.45) is 29.1 Å². The first-order valence-electron chi connectivity index (χ1n) is 9.75. The van der Waals surface area contributed by atoms with E-state index in [-0.39, 0.29) is 12.1 Å². The first-order valence-corrected chi connectivity index (χ1v) is 9.75. The highest BCUT2D eigenvalue weighted by atomic mass is 16.5. The van der Waals surface area contributed by atoms with E-state index in [1.165, 1.54) is 6.42 Å². The predicted molar refractivity (Wildman–Crippen MR) is 98.1 cm³/mol. The van der Waals surface area contributed by atoms with E-state index < -0.39 is 17.3 Å². The fourth-order valence-corrected chi connectivity index (χ4v) is 5.00. The smallest absolute Gasteiger partial charge is 0.313 e. The van der Waals surface area contributed by atoms with Crippen LogP contribution >= 0.6 is 0 Å². The molecule has 5 atom stereocenters. The summed E-state index contributed by atoms with van der Waals surface area (Å²) >= 11 is 0. The van der Waals surface area contributed by atoms with Crippen LogP contribution in [0.2, 0.25) is 0 Å². The zero-order chi connectivity index (χ0) is 18.8. The molecule has 0 amide bonds. The second-order valence-corrected chi connectivity index (χ2v) is 8.84. The molecule has 0 aromatic carbocycles. The molecule has 2 aliphatic carbocycles. The highest BCUT2D eigenvalue weighted by molar-refractivity contribution is 5.85. The highest BCUT2D eigenvalue weighted by Crippen LogP contribution is 2.49. The van der Waals surface area contributed by atoms with Gasteiger partial charge in [-0.25, -0.2) is 0 Å². The van der Waals surface area contributed by atoms with E-state index in [4.69, 9.17) is 4.74 Å². The Morgan fingerprint density at radius 3 is 2.52 bits per heavy atom. The van der Waals surface area contributed by atoms with Crippen molar-refractivity contribution in [1.82, 2.24) is 0 Å². The largest absolute Gasteiger partial charge is 0.481 e. The second kappa shape index (κ2) is 7.92. The monoisotopic (exact) mass is 350 g/mol. The average Bonchev–Trinajstić information content (AvgIpc) is 2.91. The molecule has 4 heteroatoms. The summed E-state index contributed by atoms with van der Waals surface area (Å²) in [6, 6.07) is 0. The summed E-state index contributed by atoms with van der Waals surface area (Å²) in [6.45, 7) is 12.4. The van der Waals surface area contributed by atoms with Crippen LogP contribution in [0.4, 0.5) is 0 Å².